The zero-order chi connectivity index (χ0) is 19.7. The van der Waals surface area contributed by atoms with Crippen LogP contribution in [0.2, 0.25) is 25.7 Å². The van der Waals surface area contributed by atoms with Gasteiger partial charge in [-0.25, -0.2) is 4.79 Å². The molecule has 0 N–H and O–H groups in total. The average molecular weight is 380 g/mol. The summed E-state index contributed by atoms with van der Waals surface area (Å²) in [6, 6.07) is 17.7. The van der Waals surface area contributed by atoms with Gasteiger partial charge in [-0.15, -0.1) is 0 Å². The lowest BCUT2D eigenvalue weighted by molar-refractivity contribution is 0.0734. The van der Waals surface area contributed by atoms with Crippen LogP contribution in [0.15, 0.2) is 48.5 Å². The molecule has 3 nitrogen and oxygen atoms in total. The van der Waals surface area contributed by atoms with Gasteiger partial charge in [0, 0.05) is 8.07 Å². The summed E-state index contributed by atoms with van der Waals surface area (Å²) in [5, 5.41) is 8.79. The molecule has 0 aliphatic heterocycles. The van der Waals surface area contributed by atoms with Crippen LogP contribution < -0.4 is 4.74 Å². The van der Waals surface area contributed by atoms with Crippen LogP contribution in [0.1, 0.15) is 47.2 Å². The van der Waals surface area contributed by atoms with Crippen molar-refractivity contribution in [2.24, 2.45) is 0 Å². The summed E-state index contributed by atoms with van der Waals surface area (Å²) in [6.07, 6.45) is 6.20. The Morgan fingerprint density at radius 3 is 2.15 bits per heavy atom. The van der Waals surface area contributed by atoms with Crippen LogP contribution in [0, 0.1) is 11.3 Å². The molecule has 0 radical (unpaired) electrons. The largest absolute Gasteiger partial charge is 0.423 e. The molecule has 0 fully saturated rings. The van der Waals surface area contributed by atoms with Gasteiger partial charge in [0.1, 0.15) is 5.75 Å². The number of ether oxygens (including phenoxy) is 1. The number of hydrogen-bond acceptors (Lipinski definition) is 3. The third kappa shape index (κ3) is 7.80. The van der Waals surface area contributed by atoms with Gasteiger partial charge in [-0.1, -0.05) is 57.1 Å². The average Bonchev–Trinajstić information content (AvgIpc) is 2.65. The maximum absolute atomic E-state index is 12.2. The van der Waals surface area contributed by atoms with E-state index in [4.69, 9.17) is 10.00 Å². The van der Waals surface area contributed by atoms with Crippen molar-refractivity contribution >= 4 is 14.0 Å². The van der Waals surface area contributed by atoms with Crippen molar-refractivity contribution in [2.75, 3.05) is 0 Å². The van der Waals surface area contributed by atoms with Crippen molar-refractivity contribution in [3.63, 3.8) is 0 Å². The molecular weight excluding hydrogens is 350 g/mol. The number of unbranched alkanes of at least 4 members (excludes halogenated alkanes) is 3. The van der Waals surface area contributed by atoms with E-state index in [0.717, 1.165) is 6.42 Å². The smallest absolute Gasteiger partial charge is 0.343 e. The molecule has 0 saturated heterocycles. The number of hydrogen-bond donors (Lipinski definition) is 0. The van der Waals surface area contributed by atoms with Gasteiger partial charge in [-0.05, 0) is 54.8 Å². The topological polar surface area (TPSA) is 50.1 Å². The number of rotatable bonds is 9. The van der Waals surface area contributed by atoms with Crippen LogP contribution in [0.25, 0.3) is 0 Å². The Morgan fingerprint density at radius 2 is 1.56 bits per heavy atom. The minimum Gasteiger partial charge on any atom is -0.423 e. The maximum Gasteiger partial charge on any atom is 0.343 e. The molecule has 2 rings (SSSR count). The van der Waals surface area contributed by atoms with E-state index in [9.17, 15) is 4.79 Å². The van der Waals surface area contributed by atoms with Crippen molar-refractivity contribution in [2.45, 2.75) is 57.8 Å². The van der Waals surface area contributed by atoms with Gasteiger partial charge in [0.2, 0.25) is 0 Å². The molecule has 0 saturated carbocycles. The van der Waals surface area contributed by atoms with E-state index < -0.39 is 8.07 Å². The third-order valence-electron chi connectivity index (χ3n) is 4.53. The Kier molecular flexibility index (Phi) is 7.81. The lowest BCUT2D eigenvalue weighted by atomic mass is 10.0. The number of aryl methyl sites for hydroxylation is 1. The van der Waals surface area contributed by atoms with E-state index in [1.807, 2.05) is 30.3 Å². The fourth-order valence-electron chi connectivity index (χ4n) is 2.91. The van der Waals surface area contributed by atoms with Gasteiger partial charge < -0.3 is 4.74 Å². The molecular formula is C23H29NO2Si. The van der Waals surface area contributed by atoms with Crippen LogP contribution in [-0.2, 0) is 6.42 Å². The summed E-state index contributed by atoms with van der Waals surface area (Å²) in [6.45, 7) is 7.29. The number of carbonyl (C=O) groups excluding carboxylic acids is 1. The lowest BCUT2D eigenvalue weighted by Crippen LogP contribution is -2.18. The molecule has 0 spiro atoms. The van der Waals surface area contributed by atoms with Crippen molar-refractivity contribution < 1.29 is 9.53 Å². The molecule has 0 aliphatic carbocycles. The van der Waals surface area contributed by atoms with Crippen LogP contribution in [-0.4, -0.2) is 14.0 Å². The van der Waals surface area contributed by atoms with Gasteiger partial charge in [-0.3, -0.25) is 0 Å². The second-order valence-corrected chi connectivity index (χ2v) is 13.8. The minimum atomic E-state index is -0.890. The van der Waals surface area contributed by atoms with Gasteiger partial charge in [-0.2, -0.15) is 5.26 Å². The van der Waals surface area contributed by atoms with Crippen molar-refractivity contribution in [3.05, 3.63) is 65.2 Å². The Hall–Kier alpha value is -2.38. The fourth-order valence-corrected chi connectivity index (χ4v) is 4.22. The Balaban J connectivity index is 1.75. The van der Waals surface area contributed by atoms with Gasteiger partial charge in [0.05, 0.1) is 17.2 Å². The Morgan fingerprint density at radius 1 is 0.926 bits per heavy atom. The maximum atomic E-state index is 12.2. The molecule has 2 aromatic rings. The molecule has 0 aromatic heterocycles. The van der Waals surface area contributed by atoms with E-state index in [1.54, 1.807) is 24.3 Å². The number of nitriles is 1. The molecule has 27 heavy (non-hydrogen) atoms. The molecule has 2 aromatic carbocycles. The molecule has 0 unspecified atom stereocenters. The Labute approximate surface area is 164 Å². The highest BCUT2D eigenvalue weighted by Gasteiger charge is 2.11. The first-order valence-electron chi connectivity index (χ1n) is 9.69. The van der Waals surface area contributed by atoms with Crippen LogP contribution in [0.4, 0.5) is 0 Å². The van der Waals surface area contributed by atoms with E-state index in [2.05, 4.69) is 19.6 Å². The van der Waals surface area contributed by atoms with Crippen molar-refractivity contribution in [1.82, 2.24) is 0 Å². The fraction of sp³-hybridized carbons (Fsp3) is 0.391. The first kappa shape index (κ1) is 20.9. The van der Waals surface area contributed by atoms with Gasteiger partial charge in [0.15, 0.2) is 0 Å². The van der Waals surface area contributed by atoms with Crippen LogP contribution in [0.5, 0.6) is 5.75 Å². The van der Waals surface area contributed by atoms with Gasteiger partial charge in [0.25, 0.3) is 0 Å². The predicted molar refractivity (Wildman–Crippen MR) is 113 cm³/mol. The van der Waals surface area contributed by atoms with E-state index >= 15 is 0 Å². The molecule has 0 amide bonds. The zero-order valence-electron chi connectivity index (χ0n) is 16.6. The lowest BCUT2D eigenvalue weighted by Gasteiger charge is -2.14. The summed E-state index contributed by atoms with van der Waals surface area (Å²) in [7, 11) is -0.890. The summed E-state index contributed by atoms with van der Waals surface area (Å²) >= 11 is 0. The summed E-state index contributed by atoms with van der Waals surface area (Å²) in [5.41, 5.74) is 2.34. The van der Waals surface area contributed by atoms with Crippen molar-refractivity contribution in [3.8, 4) is 11.8 Å². The minimum absolute atomic E-state index is 0.377. The second-order valence-electron chi connectivity index (χ2n) is 8.20. The highest BCUT2D eigenvalue weighted by Crippen LogP contribution is 2.17. The van der Waals surface area contributed by atoms with E-state index in [1.165, 1.54) is 37.3 Å². The van der Waals surface area contributed by atoms with Gasteiger partial charge >= 0.3 is 5.97 Å². The summed E-state index contributed by atoms with van der Waals surface area (Å²) < 4.78 is 5.35. The summed E-state index contributed by atoms with van der Waals surface area (Å²) in [4.78, 5) is 12.2. The third-order valence-corrected chi connectivity index (χ3v) is 6.38. The first-order chi connectivity index (χ1) is 12.9. The number of benzene rings is 2. The Bertz CT molecular complexity index is 768. The van der Waals surface area contributed by atoms with Crippen molar-refractivity contribution in [1.29, 1.82) is 5.26 Å². The summed E-state index contributed by atoms with van der Waals surface area (Å²) in [5.74, 6) is 0.0685. The number of nitrogens with zero attached hydrogens (tertiary/aromatic N) is 1. The molecule has 0 aliphatic rings. The predicted octanol–water partition coefficient (Wildman–Crippen LogP) is 6.22. The number of esters is 1. The van der Waals surface area contributed by atoms with Crippen LogP contribution >= 0.6 is 0 Å². The standard InChI is InChI=1S/C23H29NO2Si/c1-27(2,3)17-7-5-4-6-8-19-9-13-21(14-10-19)23(25)26-22-15-11-20(18-24)12-16-22/h9-16H,4-8,17H2,1-3H3. The van der Waals surface area contributed by atoms with Crippen LogP contribution in [0.3, 0.4) is 0 Å². The normalized spacial score (nSPS) is 11.0. The van der Waals surface area contributed by atoms with E-state index in [-0.39, 0.29) is 5.97 Å². The molecule has 0 heterocycles. The molecule has 142 valence electrons. The first-order valence-corrected chi connectivity index (χ1v) is 13.4. The highest BCUT2D eigenvalue weighted by molar-refractivity contribution is 6.76. The second kappa shape index (κ2) is 10.1. The SMILES string of the molecule is C[Si](C)(C)CCCCCCc1ccc(C(=O)Oc2ccc(C#N)cc2)cc1. The molecule has 0 atom stereocenters. The monoisotopic (exact) mass is 379 g/mol. The molecule has 4 heteroatoms. The zero-order valence-corrected chi connectivity index (χ0v) is 17.6. The molecule has 0 bridgehead atoms. The highest BCUT2D eigenvalue weighted by atomic mass is 28.3. The number of carbonyl (C=O) groups is 1. The van der Waals surface area contributed by atoms with E-state index in [0.29, 0.717) is 16.9 Å². The quantitative estimate of drug-likeness (QED) is 0.225.